The van der Waals surface area contributed by atoms with Crippen LogP contribution in [0.5, 0.6) is 0 Å². The molecule has 0 heterocycles. The standard InChI is InChI=1S/C16H32N2O2/c1-5-6-11-17-14-10-8-7-9-13(14)12-18-15(19)20-16(2,3)4/h13-14,17H,5-12H2,1-4H3,(H,18,19). The number of unbranched alkanes of at least 4 members (excludes halogenated alkanes) is 1. The fourth-order valence-electron chi connectivity index (χ4n) is 2.71. The SMILES string of the molecule is CCCCNC1CCCCC1CNC(=O)OC(C)(C)C. The third-order valence-electron chi connectivity index (χ3n) is 3.75. The molecule has 1 rings (SSSR count). The quantitative estimate of drug-likeness (QED) is 0.734. The van der Waals surface area contributed by atoms with Gasteiger partial charge in [-0.1, -0.05) is 26.2 Å². The van der Waals surface area contributed by atoms with Crippen LogP contribution in [0.1, 0.15) is 66.2 Å². The van der Waals surface area contributed by atoms with Gasteiger partial charge in [0.1, 0.15) is 5.60 Å². The van der Waals surface area contributed by atoms with Gasteiger partial charge in [-0.15, -0.1) is 0 Å². The molecule has 0 aromatic carbocycles. The van der Waals surface area contributed by atoms with E-state index in [1.54, 1.807) is 0 Å². The smallest absolute Gasteiger partial charge is 0.407 e. The van der Waals surface area contributed by atoms with E-state index >= 15 is 0 Å². The number of hydrogen-bond acceptors (Lipinski definition) is 3. The highest BCUT2D eigenvalue weighted by Crippen LogP contribution is 2.24. The summed E-state index contributed by atoms with van der Waals surface area (Å²) in [7, 11) is 0. The molecule has 0 aromatic heterocycles. The van der Waals surface area contributed by atoms with Crippen molar-refractivity contribution in [3.63, 3.8) is 0 Å². The molecule has 4 heteroatoms. The Morgan fingerprint density at radius 2 is 1.95 bits per heavy atom. The number of amides is 1. The minimum absolute atomic E-state index is 0.296. The van der Waals surface area contributed by atoms with Crippen molar-refractivity contribution in [3.05, 3.63) is 0 Å². The summed E-state index contributed by atoms with van der Waals surface area (Å²) in [4.78, 5) is 11.7. The Labute approximate surface area is 124 Å². The second-order valence-corrected chi connectivity index (χ2v) is 6.84. The summed E-state index contributed by atoms with van der Waals surface area (Å²) in [6.45, 7) is 9.69. The number of carbonyl (C=O) groups is 1. The van der Waals surface area contributed by atoms with Gasteiger partial charge in [-0.3, -0.25) is 0 Å². The van der Waals surface area contributed by atoms with Gasteiger partial charge in [0.25, 0.3) is 0 Å². The van der Waals surface area contributed by atoms with Crippen LogP contribution in [0.2, 0.25) is 0 Å². The van der Waals surface area contributed by atoms with Gasteiger partial charge in [-0.2, -0.15) is 0 Å². The van der Waals surface area contributed by atoms with Gasteiger partial charge >= 0.3 is 6.09 Å². The average Bonchev–Trinajstić information content (AvgIpc) is 2.36. The lowest BCUT2D eigenvalue weighted by Crippen LogP contribution is -2.45. The lowest BCUT2D eigenvalue weighted by atomic mass is 9.84. The number of nitrogens with one attached hydrogen (secondary N) is 2. The van der Waals surface area contributed by atoms with Gasteiger partial charge < -0.3 is 15.4 Å². The Morgan fingerprint density at radius 1 is 1.25 bits per heavy atom. The van der Waals surface area contributed by atoms with E-state index in [2.05, 4.69) is 17.6 Å². The van der Waals surface area contributed by atoms with E-state index in [0.29, 0.717) is 12.0 Å². The highest BCUT2D eigenvalue weighted by atomic mass is 16.6. The van der Waals surface area contributed by atoms with Gasteiger partial charge in [0, 0.05) is 12.6 Å². The van der Waals surface area contributed by atoms with Crippen molar-refractivity contribution in [1.82, 2.24) is 10.6 Å². The summed E-state index contributed by atoms with van der Waals surface area (Å²) in [6, 6.07) is 0.547. The third-order valence-corrected chi connectivity index (χ3v) is 3.75. The van der Waals surface area contributed by atoms with Crippen LogP contribution >= 0.6 is 0 Å². The van der Waals surface area contributed by atoms with Crippen LogP contribution in [-0.4, -0.2) is 30.8 Å². The van der Waals surface area contributed by atoms with Crippen LogP contribution < -0.4 is 10.6 Å². The van der Waals surface area contributed by atoms with Gasteiger partial charge in [-0.05, 0) is 52.5 Å². The topological polar surface area (TPSA) is 50.4 Å². The minimum Gasteiger partial charge on any atom is -0.444 e. The average molecular weight is 284 g/mol. The minimum atomic E-state index is -0.421. The summed E-state index contributed by atoms with van der Waals surface area (Å²) in [5.41, 5.74) is -0.421. The van der Waals surface area contributed by atoms with Crippen LogP contribution in [0.15, 0.2) is 0 Å². The van der Waals surface area contributed by atoms with Crippen LogP contribution in [-0.2, 0) is 4.74 Å². The molecule has 1 fully saturated rings. The monoisotopic (exact) mass is 284 g/mol. The molecular weight excluding hydrogens is 252 g/mol. The van der Waals surface area contributed by atoms with E-state index in [9.17, 15) is 4.79 Å². The van der Waals surface area contributed by atoms with Crippen molar-refractivity contribution in [3.8, 4) is 0 Å². The van der Waals surface area contributed by atoms with E-state index in [4.69, 9.17) is 4.74 Å². The van der Waals surface area contributed by atoms with Crippen LogP contribution in [0, 0.1) is 5.92 Å². The predicted octanol–water partition coefficient (Wildman–Crippen LogP) is 3.46. The second kappa shape index (κ2) is 8.50. The van der Waals surface area contributed by atoms with Crippen LogP contribution in [0.3, 0.4) is 0 Å². The molecular formula is C16H32N2O2. The lowest BCUT2D eigenvalue weighted by molar-refractivity contribution is 0.0510. The molecule has 2 N–H and O–H groups in total. The molecule has 0 saturated heterocycles. The molecule has 1 aliphatic rings. The van der Waals surface area contributed by atoms with Gasteiger partial charge in [-0.25, -0.2) is 4.79 Å². The molecule has 0 aromatic rings. The van der Waals surface area contributed by atoms with E-state index < -0.39 is 5.60 Å². The molecule has 0 spiro atoms. The summed E-state index contributed by atoms with van der Waals surface area (Å²) in [5.74, 6) is 0.535. The van der Waals surface area contributed by atoms with Crippen molar-refractivity contribution >= 4 is 6.09 Å². The summed E-state index contributed by atoms with van der Waals surface area (Å²) in [6.07, 6.45) is 7.14. The van der Waals surface area contributed by atoms with Crippen molar-refractivity contribution < 1.29 is 9.53 Å². The van der Waals surface area contributed by atoms with Crippen molar-refractivity contribution in [2.45, 2.75) is 77.9 Å². The first kappa shape index (κ1) is 17.3. The first-order valence-corrected chi connectivity index (χ1v) is 8.12. The van der Waals surface area contributed by atoms with E-state index in [1.807, 2.05) is 20.8 Å². The Hall–Kier alpha value is -0.770. The summed E-state index contributed by atoms with van der Waals surface area (Å²) in [5, 5.41) is 6.58. The normalized spacial score (nSPS) is 23.4. The first-order chi connectivity index (χ1) is 9.42. The number of hydrogen-bond donors (Lipinski definition) is 2. The molecule has 1 saturated carbocycles. The molecule has 0 bridgehead atoms. The van der Waals surface area contributed by atoms with E-state index in [0.717, 1.165) is 13.1 Å². The molecule has 118 valence electrons. The number of carbonyl (C=O) groups excluding carboxylic acids is 1. The summed E-state index contributed by atoms with van der Waals surface area (Å²) < 4.78 is 5.29. The molecule has 0 radical (unpaired) electrons. The van der Waals surface area contributed by atoms with Crippen molar-refractivity contribution in [2.75, 3.05) is 13.1 Å². The van der Waals surface area contributed by atoms with Gasteiger partial charge in [0.15, 0.2) is 0 Å². The Bertz CT molecular complexity index is 287. The maximum atomic E-state index is 11.7. The summed E-state index contributed by atoms with van der Waals surface area (Å²) >= 11 is 0. The molecule has 4 nitrogen and oxygen atoms in total. The zero-order chi connectivity index (χ0) is 15.0. The van der Waals surface area contributed by atoms with Gasteiger partial charge in [0.2, 0.25) is 0 Å². The fourth-order valence-corrected chi connectivity index (χ4v) is 2.71. The van der Waals surface area contributed by atoms with Gasteiger partial charge in [0.05, 0.1) is 0 Å². The van der Waals surface area contributed by atoms with Crippen LogP contribution in [0.25, 0.3) is 0 Å². The lowest BCUT2D eigenvalue weighted by Gasteiger charge is -2.32. The van der Waals surface area contributed by atoms with Crippen LogP contribution in [0.4, 0.5) is 4.79 Å². The van der Waals surface area contributed by atoms with Crippen molar-refractivity contribution in [1.29, 1.82) is 0 Å². The Morgan fingerprint density at radius 3 is 2.60 bits per heavy atom. The Balaban J connectivity index is 2.33. The Kier molecular flexibility index (Phi) is 7.35. The third kappa shape index (κ3) is 7.13. The molecule has 2 unspecified atom stereocenters. The van der Waals surface area contributed by atoms with E-state index in [1.165, 1.54) is 38.5 Å². The highest BCUT2D eigenvalue weighted by Gasteiger charge is 2.25. The maximum Gasteiger partial charge on any atom is 0.407 e. The van der Waals surface area contributed by atoms with Crippen molar-refractivity contribution in [2.24, 2.45) is 5.92 Å². The highest BCUT2D eigenvalue weighted by molar-refractivity contribution is 5.67. The molecule has 20 heavy (non-hydrogen) atoms. The number of ether oxygens (including phenoxy) is 1. The predicted molar refractivity (Wildman–Crippen MR) is 82.9 cm³/mol. The molecule has 1 aliphatic carbocycles. The molecule has 0 aliphatic heterocycles. The largest absolute Gasteiger partial charge is 0.444 e. The molecule has 2 atom stereocenters. The zero-order valence-corrected chi connectivity index (χ0v) is 13.6. The van der Waals surface area contributed by atoms with E-state index in [-0.39, 0.29) is 6.09 Å². The number of rotatable bonds is 6. The maximum absolute atomic E-state index is 11.7. The number of alkyl carbamates (subject to hydrolysis) is 1. The molecule has 1 amide bonds. The first-order valence-electron chi connectivity index (χ1n) is 8.12. The second-order valence-electron chi connectivity index (χ2n) is 6.84. The fraction of sp³-hybridized carbons (Fsp3) is 0.938. The zero-order valence-electron chi connectivity index (χ0n) is 13.6.